The van der Waals surface area contributed by atoms with Crippen molar-refractivity contribution in [2.45, 2.75) is 30.4 Å². The van der Waals surface area contributed by atoms with E-state index in [0.717, 1.165) is 0 Å². The highest BCUT2D eigenvalue weighted by Gasteiger charge is 2.16. The number of thioether (sulfide) groups is 1. The van der Waals surface area contributed by atoms with Crippen molar-refractivity contribution in [1.29, 1.82) is 0 Å². The molecule has 1 aromatic rings. The molecule has 1 aromatic carbocycles. The molecule has 0 saturated heterocycles. The van der Waals surface area contributed by atoms with Gasteiger partial charge in [-0.3, -0.25) is 9.00 Å². The van der Waals surface area contributed by atoms with Gasteiger partial charge in [-0.25, -0.2) is 0 Å². The third-order valence-electron chi connectivity index (χ3n) is 2.16. The van der Waals surface area contributed by atoms with Crippen molar-refractivity contribution in [3.63, 3.8) is 0 Å². The number of benzene rings is 1. The van der Waals surface area contributed by atoms with E-state index in [0.29, 0.717) is 21.4 Å². The van der Waals surface area contributed by atoms with E-state index in [1.54, 1.807) is 36.2 Å². The molecule has 0 radical (unpaired) electrons. The number of halogens is 1. The molecule has 0 heterocycles. The summed E-state index contributed by atoms with van der Waals surface area (Å²) < 4.78 is 11.7. The van der Waals surface area contributed by atoms with E-state index in [1.807, 2.05) is 0 Å². The van der Waals surface area contributed by atoms with Crippen LogP contribution in [-0.4, -0.2) is 26.9 Å². The second kappa shape index (κ2) is 6.77. The molecule has 1 N–H and O–H groups in total. The Morgan fingerprint density at radius 3 is 2.58 bits per heavy atom. The third kappa shape index (κ3) is 5.55. The topological polar surface area (TPSA) is 46.2 Å². The molecule has 6 heteroatoms. The predicted octanol–water partition coefficient (Wildman–Crippen LogP) is 3.55. The molecule has 0 spiro atoms. The fourth-order valence-corrected chi connectivity index (χ4v) is 3.28. The van der Waals surface area contributed by atoms with Gasteiger partial charge in [0, 0.05) is 11.0 Å². The average Bonchev–Trinajstić information content (AvgIpc) is 2.25. The summed E-state index contributed by atoms with van der Waals surface area (Å²) in [5.74, 6) is 0.236. The van der Waals surface area contributed by atoms with Crippen molar-refractivity contribution in [2.75, 3.05) is 17.3 Å². The minimum Gasteiger partial charge on any atom is -0.324 e. The Labute approximate surface area is 125 Å². The number of nitrogens with one attached hydrogen (secondary N) is 1. The van der Waals surface area contributed by atoms with E-state index in [-0.39, 0.29) is 10.7 Å². The zero-order valence-corrected chi connectivity index (χ0v) is 13.8. The first kappa shape index (κ1) is 16.5. The lowest BCUT2D eigenvalue weighted by atomic mass is 10.3. The molecule has 0 aliphatic carbocycles. The first-order chi connectivity index (χ1) is 8.70. The molecular weight excluding hydrogens is 302 g/mol. The van der Waals surface area contributed by atoms with Crippen molar-refractivity contribution in [3.05, 3.63) is 23.2 Å². The summed E-state index contributed by atoms with van der Waals surface area (Å²) in [6.07, 6.45) is 1.54. The molecule has 0 unspecified atom stereocenters. The minimum absolute atomic E-state index is 0.0298. The lowest BCUT2D eigenvalue weighted by Gasteiger charge is -2.17. The molecule has 19 heavy (non-hydrogen) atoms. The first-order valence-electron chi connectivity index (χ1n) is 5.76. The van der Waals surface area contributed by atoms with Gasteiger partial charge in [-0.1, -0.05) is 38.4 Å². The number of amides is 1. The average molecular weight is 320 g/mol. The molecule has 1 rings (SSSR count). The van der Waals surface area contributed by atoms with Crippen LogP contribution in [0.25, 0.3) is 0 Å². The number of carbonyl (C=O) groups excluding carboxylic acids is 1. The lowest BCUT2D eigenvalue weighted by Crippen LogP contribution is -2.19. The molecular formula is C13H18ClNO2S2. The van der Waals surface area contributed by atoms with Gasteiger partial charge in [0.1, 0.15) is 0 Å². The fraction of sp³-hybridized carbons (Fsp3) is 0.462. The highest BCUT2D eigenvalue weighted by Crippen LogP contribution is 2.28. The van der Waals surface area contributed by atoms with Gasteiger partial charge in [-0.15, -0.1) is 11.8 Å². The Hall–Kier alpha value is -0.520. The van der Waals surface area contributed by atoms with Crippen molar-refractivity contribution >= 4 is 45.8 Å². The lowest BCUT2D eigenvalue weighted by molar-refractivity contribution is -0.113. The van der Waals surface area contributed by atoms with Crippen LogP contribution >= 0.6 is 23.4 Å². The molecule has 3 nitrogen and oxygen atoms in total. The standard InChI is InChI=1S/C13H18ClNO2S2/c1-13(2,3)18-8-11(16)15-10-7-5-6-9(14)12(10)19(4)17/h5-7H,8H2,1-4H3,(H,15,16)/t19-/m0/s1. The summed E-state index contributed by atoms with van der Waals surface area (Å²) in [6.45, 7) is 6.16. The molecule has 0 fully saturated rings. The highest BCUT2D eigenvalue weighted by molar-refractivity contribution is 8.01. The van der Waals surface area contributed by atoms with Crippen LogP contribution < -0.4 is 5.32 Å². The summed E-state index contributed by atoms with van der Waals surface area (Å²) in [5.41, 5.74) is 0.521. The number of hydrogen-bond donors (Lipinski definition) is 1. The van der Waals surface area contributed by atoms with Crippen molar-refractivity contribution in [1.82, 2.24) is 0 Å². The number of anilines is 1. The van der Waals surface area contributed by atoms with Gasteiger partial charge in [0.2, 0.25) is 5.91 Å². The molecule has 1 atom stereocenters. The zero-order valence-electron chi connectivity index (χ0n) is 11.5. The maximum absolute atomic E-state index is 11.9. The van der Waals surface area contributed by atoms with Crippen LogP contribution in [0.1, 0.15) is 20.8 Å². The number of hydrogen-bond acceptors (Lipinski definition) is 3. The van der Waals surface area contributed by atoms with Crippen molar-refractivity contribution in [2.24, 2.45) is 0 Å². The Morgan fingerprint density at radius 1 is 1.42 bits per heavy atom. The van der Waals surface area contributed by atoms with Crippen LogP contribution in [0.3, 0.4) is 0 Å². The van der Waals surface area contributed by atoms with Crippen molar-refractivity contribution < 1.29 is 9.00 Å². The normalized spacial score (nSPS) is 13.1. The number of rotatable bonds is 4. The molecule has 1 amide bonds. The molecule has 106 valence electrons. The third-order valence-corrected chi connectivity index (χ3v) is 4.88. The minimum atomic E-state index is -1.24. The van der Waals surface area contributed by atoms with E-state index in [4.69, 9.17) is 11.6 Å². The van der Waals surface area contributed by atoms with Gasteiger partial charge in [-0.2, -0.15) is 0 Å². The molecule has 0 aliphatic heterocycles. The Bertz CT molecular complexity index is 498. The summed E-state index contributed by atoms with van der Waals surface area (Å²) in [6, 6.07) is 5.10. The predicted molar refractivity (Wildman–Crippen MR) is 84.6 cm³/mol. The molecule has 0 aromatic heterocycles. The van der Waals surface area contributed by atoms with Gasteiger partial charge in [0.15, 0.2) is 0 Å². The molecule has 0 bridgehead atoms. The SMILES string of the molecule is C[S@](=O)c1c(Cl)cccc1NC(=O)CSC(C)(C)C. The van der Waals surface area contributed by atoms with Gasteiger partial charge < -0.3 is 5.32 Å². The van der Waals surface area contributed by atoms with Gasteiger partial charge in [0.25, 0.3) is 0 Å². The largest absolute Gasteiger partial charge is 0.324 e. The number of carbonyl (C=O) groups is 1. The summed E-state index contributed by atoms with van der Waals surface area (Å²) in [4.78, 5) is 12.3. The van der Waals surface area contributed by atoms with Crippen molar-refractivity contribution in [3.8, 4) is 0 Å². The van der Waals surface area contributed by atoms with Crippen LogP contribution in [0.4, 0.5) is 5.69 Å². The van der Waals surface area contributed by atoms with Gasteiger partial charge in [0.05, 0.1) is 32.2 Å². The Morgan fingerprint density at radius 2 is 2.05 bits per heavy atom. The van der Waals surface area contributed by atoms with Crippen LogP contribution in [-0.2, 0) is 15.6 Å². The summed E-state index contributed by atoms with van der Waals surface area (Å²) in [7, 11) is -1.24. The molecule has 0 saturated carbocycles. The zero-order chi connectivity index (χ0) is 14.6. The van der Waals surface area contributed by atoms with Gasteiger partial charge >= 0.3 is 0 Å². The van der Waals surface area contributed by atoms with E-state index in [1.165, 1.54) is 0 Å². The van der Waals surface area contributed by atoms with E-state index >= 15 is 0 Å². The maximum Gasteiger partial charge on any atom is 0.234 e. The second-order valence-electron chi connectivity index (χ2n) is 5.02. The van der Waals surface area contributed by atoms with Crippen LogP contribution in [0.15, 0.2) is 23.1 Å². The van der Waals surface area contributed by atoms with Crippen LogP contribution in [0.5, 0.6) is 0 Å². The quantitative estimate of drug-likeness (QED) is 0.923. The molecule has 0 aliphatic rings. The Balaban J connectivity index is 2.80. The van der Waals surface area contributed by atoms with E-state index < -0.39 is 10.8 Å². The maximum atomic E-state index is 11.9. The van der Waals surface area contributed by atoms with Gasteiger partial charge in [-0.05, 0) is 12.1 Å². The van der Waals surface area contributed by atoms with Crippen LogP contribution in [0, 0.1) is 0 Å². The Kier molecular flexibility index (Phi) is 5.89. The monoisotopic (exact) mass is 319 g/mol. The summed E-state index contributed by atoms with van der Waals surface area (Å²) >= 11 is 7.57. The highest BCUT2D eigenvalue weighted by atomic mass is 35.5. The first-order valence-corrected chi connectivity index (χ1v) is 8.68. The summed E-state index contributed by atoms with van der Waals surface area (Å²) in [5, 5.41) is 3.17. The second-order valence-corrected chi connectivity index (χ2v) is 8.55. The van der Waals surface area contributed by atoms with Crippen LogP contribution in [0.2, 0.25) is 5.02 Å². The fourth-order valence-electron chi connectivity index (χ4n) is 1.37. The van der Waals surface area contributed by atoms with E-state index in [9.17, 15) is 9.00 Å². The smallest absolute Gasteiger partial charge is 0.234 e. The van der Waals surface area contributed by atoms with E-state index in [2.05, 4.69) is 26.1 Å².